The Morgan fingerprint density at radius 3 is 1.23 bits per heavy atom. The van der Waals surface area contributed by atoms with E-state index in [9.17, 15) is 0 Å². The summed E-state index contributed by atoms with van der Waals surface area (Å²) in [6.45, 7) is 13.4. The van der Waals surface area contributed by atoms with Gasteiger partial charge in [0, 0.05) is 22.0 Å². The Balaban J connectivity index is 1.75. The van der Waals surface area contributed by atoms with Gasteiger partial charge in [0.2, 0.25) is 7.56 Å². The highest BCUT2D eigenvalue weighted by Gasteiger charge is 2.53. The molecule has 0 bridgehead atoms. The van der Waals surface area contributed by atoms with Crippen molar-refractivity contribution in [2.24, 2.45) is 4.52 Å². The third-order valence-electron chi connectivity index (χ3n) is 9.30. The molecule has 2 radical (unpaired) electrons. The lowest BCUT2D eigenvalue weighted by Gasteiger charge is -2.60. The molecule has 0 N–H and O–H groups in total. The highest BCUT2D eigenvalue weighted by atomic mass is 31.2. The monoisotopic (exact) mass is 661 g/mol. The molecule has 6 aromatic carbocycles. The number of anilines is 2. The normalized spacial score (nSPS) is 15.2. The summed E-state index contributed by atoms with van der Waals surface area (Å²) in [6, 6.07) is 53.5. The molecule has 0 fully saturated rings. The van der Waals surface area contributed by atoms with Crippen molar-refractivity contribution in [1.29, 1.82) is 0 Å². The smallest absolute Gasteiger partial charge is 0.247 e. The third kappa shape index (κ3) is 5.33. The maximum absolute atomic E-state index is 6.59. The molecule has 6 heteroatoms. The Morgan fingerprint density at radius 2 is 0.833 bits per heavy atom. The first kappa shape index (κ1) is 32.2. The van der Waals surface area contributed by atoms with Crippen LogP contribution in [-0.4, -0.2) is 7.55 Å². The van der Waals surface area contributed by atoms with Gasteiger partial charge in [0.1, 0.15) is 17.8 Å². The van der Waals surface area contributed by atoms with E-state index in [0.717, 1.165) is 0 Å². The molecule has 1 aliphatic heterocycles. The second-order valence-corrected chi connectivity index (χ2v) is 19.0. The van der Waals surface area contributed by atoms with Crippen molar-refractivity contribution < 1.29 is 0 Å². The van der Waals surface area contributed by atoms with Crippen LogP contribution in [0.15, 0.2) is 150 Å². The molecule has 3 nitrogen and oxygen atoms in total. The molecule has 1 heterocycles. The Morgan fingerprint density at radius 1 is 0.479 bits per heavy atom. The second-order valence-electron chi connectivity index (χ2n) is 12.9. The fourth-order valence-corrected chi connectivity index (χ4v) is 17.1. The summed E-state index contributed by atoms with van der Waals surface area (Å²) >= 11 is 0. The van der Waals surface area contributed by atoms with Gasteiger partial charge in [-0.1, -0.05) is 137 Å². The van der Waals surface area contributed by atoms with Gasteiger partial charge in [-0.2, -0.15) is 0 Å². The molecule has 0 aromatic heterocycles. The molecule has 0 unspecified atom stereocenters. The molecule has 0 aliphatic carbocycles. The Hall–Kier alpha value is -4.36. The fraction of sp³-hybridized carbons (Fsp3) is 0.143. The van der Waals surface area contributed by atoms with Crippen LogP contribution in [0.3, 0.4) is 0 Å². The summed E-state index contributed by atoms with van der Waals surface area (Å²) in [5, 5.41) is 4.94. The van der Waals surface area contributed by atoms with Crippen LogP contribution in [0.4, 0.5) is 11.4 Å². The van der Waals surface area contributed by atoms with Crippen molar-refractivity contribution in [3.8, 4) is 0 Å². The van der Waals surface area contributed by atoms with Gasteiger partial charge in [-0.05, 0) is 95.6 Å². The Kier molecular flexibility index (Phi) is 8.67. The standard InChI is InChI=1S/C42H42BN3P2/c1-31-27-33(3)41(34(4)28-31)45-43-46(42-35(5)29-32(2)30-36(42)6)48(39-23-15-9-16-24-39,40-25-17-10-18-26-40)44-47(45,37-19-11-7-12-20-37)38-21-13-8-14-22-38/h7-30H,1-6H3. The highest BCUT2D eigenvalue weighted by Crippen LogP contribution is 2.74. The quantitative estimate of drug-likeness (QED) is 0.131. The minimum absolute atomic E-state index is 1.22. The lowest BCUT2D eigenvalue weighted by atomic mass is 9.98. The second kappa shape index (κ2) is 12.9. The van der Waals surface area contributed by atoms with Crippen molar-refractivity contribution >= 4 is 54.9 Å². The van der Waals surface area contributed by atoms with Gasteiger partial charge in [0.05, 0.1) is 0 Å². The van der Waals surface area contributed by atoms with E-state index >= 15 is 0 Å². The maximum atomic E-state index is 6.59. The summed E-state index contributed by atoms with van der Waals surface area (Å²) in [6.07, 6.45) is 0. The molecule has 0 spiro atoms. The van der Waals surface area contributed by atoms with E-state index in [-0.39, 0.29) is 0 Å². The fourth-order valence-electron chi connectivity index (χ4n) is 7.54. The van der Waals surface area contributed by atoms with E-state index in [1.807, 2.05) is 0 Å². The zero-order chi connectivity index (χ0) is 33.5. The van der Waals surface area contributed by atoms with Gasteiger partial charge in [0.25, 0.3) is 0 Å². The van der Waals surface area contributed by atoms with Crippen LogP contribution >= 0.6 is 14.8 Å². The number of nitrogens with zero attached hydrogens (tertiary/aromatic N) is 3. The summed E-state index contributed by atoms with van der Waals surface area (Å²) < 4.78 is 11.8. The van der Waals surface area contributed by atoms with Crippen molar-refractivity contribution in [3.05, 3.63) is 179 Å². The summed E-state index contributed by atoms with van der Waals surface area (Å²) in [7, 11) is -3.01. The number of hydrogen-bond acceptors (Lipinski definition) is 3. The zero-order valence-electron chi connectivity index (χ0n) is 28.7. The maximum Gasteiger partial charge on any atom is 0.247 e. The van der Waals surface area contributed by atoms with Crippen LogP contribution < -0.4 is 30.4 Å². The van der Waals surface area contributed by atoms with Gasteiger partial charge >= 0.3 is 0 Å². The lowest BCUT2D eigenvalue weighted by molar-refractivity contribution is 1.26. The number of aryl methyl sites for hydroxylation is 6. The summed E-state index contributed by atoms with van der Waals surface area (Å²) in [4.78, 5) is 0. The molecular weight excluding hydrogens is 619 g/mol. The third-order valence-corrected chi connectivity index (χ3v) is 17.3. The van der Waals surface area contributed by atoms with Crippen molar-refractivity contribution in [1.82, 2.24) is 0 Å². The van der Waals surface area contributed by atoms with Crippen molar-refractivity contribution in [2.45, 2.75) is 41.5 Å². The van der Waals surface area contributed by atoms with Crippen molar-refractivity contribution in [2.75, 3.05) is 9.16 Å². The molecule has 1 aliphatic rings. The minimum Gasteiger partial charge on any atom is -0.541 e. The van der Waals surface area contributed by atoms with Gasteiger partial charge in [-0.15, -0.1) is 0 Å². The first-order valence-electron chi connectivity index (χ1n) is 16.6. The van der Waals surface area contributed by atoms with Crippen LogP contribution in [-0.2, 0) is 0 Å². The first-order valence-corrected chi connectivity index (χ1v) is 20.0. The largest absolute Gasteiger partial charge is 0.541 e. The number of hydrogen-bond donors (Lipinski definition) is 0. The molecule has 0 amide bonds. The van der Waals surface area contributed by atoms with Gasteiger partial charge < -0.3 is 9.16 Å². The number of rotatable bonds is 6. The van der Waals surface area contributed by atoms with E-state index < -0.39 is 14.8 Å². The predicted octanol–water partition coefficient (Wildman–Crippen LogP) is 9.66. The number of benzene rings is 6. The molecular formula is C42H42BN3P2. The van der Waals surface area contributed by atoms with E-state index in [4.69, 9.17) is 4.52 Å². The van der Waals surface area contributed by atoms with Gasteiger partial charge in [-0.3, -0.25) is 0 Å². The van der Waals surface area contributed by atoms with Crippen LogP contribution in [0, 0.1) is 41.5 Å². The zero-order valence-corrected chi connectivity index (χ0v) is 30.5. The van der Waals surface area contributed by atoms with Crippen molar-refractivity contribution in [3.63, 3.8) is 0 Å². The summed E-state index contributed by atoms with van der Waals surface area (Å²) in [5.41, 5.74) is 9.96. The predicted molar refractivity (Wildman–Crippen MR) is 213 cm³/mol. The molecule has 0 saturated carbocycles. The van der Waals surface area contributed by atoms with Crippen LogP contribution in [0.25, 0.3) is 0 Å². The van der Waals surface area contributed by atoms with Crippen LogP contribution in [0.5, 0.6) is 0 Å². The Bertz CT molecular complexity index is 2010. The summed E-state index contributed by atoms with van der Waals surface area (Å²) in [5.74, 6) is 0. The topological polar surface area (TPSA) is 18.8 Å². The van der Waals surface area contributed by atoms with E-state index in [2.05, 4.69) is 204 Å². The Labute approximate surface area is 288 Å². The first-order chi connectivity index (χ1) is 23.3. The molecule has 0 atom stereocenters. The SMILES string of the molecule is Cc1cc(C)c(N2[B-]N(c3c(C)cc(C)cc3C)[P+](c3ccccc3)(c3ccccc3)N=P2(c2ccccc2)c2ccccc2)c(C)c1. The van der Waals surface area contributed by atoms with Gasteiger partial charge in [0.15, 0.2) is 0 Å². The molecule has 7 rings (SSSR count). The van der Waals surface area contributed by atoms with E-state index in [0.29, 0.717) is 0 Å². The van der Waals surface area contributed by atoms with Crippen LogP contribution in [0.2, 0.25) is 0 Å². The van der Waals surface area contributed by atoms with Gasteiger partial charge in [-0.25, -0.2) is 0 Å². The highest BCUT2D eigenvalue weighted by molar-refractivity contribution is 7.99. The molecule has 48 heavy (non-hydrogen) atoms. The van der Waals surface area contributed by atoms with Crippen LogP contribution in [0.1, 0.15) is 33.4 Å². The lowest BCUT2D eigenvalue weighted by Crippen LogP contribution is -2.52. The minimum atomic E-state index is -2.74. The van der Waals surface area contributed by atoms with E-state index in [1.165, 1.54) is 66.0 Å². The molecule has 238 valence electrons. The average molecular weight is 662 g/mol. The van der Waals surface area contributed by atoms with E-state index in [1.54, 1.807) is 0 Å². The molecule has 0 saturated heterocycles. The molecule has 6 aromatic rings. The average Bonchev–Trinajstić information content (AvgIpc) is 3.09.